The van der Waals surface area contributed by atoms with Crippen molar-refractivity contribution in [3.63, 3.8) is 0 Å². The van der Waals surface area contributed by atoms with Gasteiger partial charge in [0.2, 0.25) is 5.78 Å². The monoisotopic (exact) mass is 198 g/mol. The molecule has 80 valence electrons. The van der Waals surface area contributed by atoms with Gasteiger partial charge in [0.05, 0.1) is 6.04 Å². The van der Waals surface area contributed by atoms with Gasteiger partial charge in [0.1, 0.15) is 0 Å². The van der Waals surface area contributed by atoms with Gasteiger partial charge in [0.15, 0.2) is 0 Å². The van der Waals surface area contributed by atoms with Crippen LogP contribution in [-0.2, 0) is 9.59 Å². The number of rotatable bonds is 3. The quantitative estimate of drug-likeness (QED) is 0.637. The summed E-state index contributed by atoms with van der Waals surface area (Å²) in [5.41, 5.74) is 5.76. The molecule has 1 aliphatic rings. The Bertz CT molecular complexity index is 222. The average Bonchev–Trinajstić information content (AvgIpc) is 2.27. The fourth-order valence-electron chi connectivity index (χ4n) is 1.98. The van der Waals surface area contributed by atoms with Crippen LogP contribution in [0.2, 0.25) is 0 Å². The van der Waals surface area contributed by atoms with E-state index in [-0.39, 0.29) is 5.92 Å². The maximum atomic E-state index is 11.4. The van der Waals surface area contributed by atoms with E-state index in [1.165, 1.54) is 13.5 Å². The van der Waals surface area contributed by atoms with Crippen LogP contribution in [0.4, 0.5) is 0 Å². The summed E-state index contributed by atoms with van der Waals surface area (Å²) in [6.45, 7) is 0. The molecule has 0 aliphatic heterocycles. The molecule has 14 heavy (non-hydrogen) atoms. The van der Waals surface area contributed by atoms with Gasteiger partial charge in [-0.1, -0.05) is 19.3 Å². The predicted molar refractivity (Wildman–Crippen MR) is 53.6 cm³/mol. The van der Waals surface area contributed by atoms with Crippen LogP contribution in [0.15, 0.2) is 0 Å². The van der Waals surface area contributed by atoms with E-state index in [1.54, 1.807) is 0 Å². The number of carbonyl (C=O) groups is 2. The molecule has 1 saturated carbocycles. The third-order valence-electron chi connectivity index (χ3n) is 2.91. The SMILES string of the molecule is CNC(=O)C(=O)C(N)C1CCCCC1. The molecule has 4 nitrogen and oxygen atoms in total. The third-order valence-corrected chi connectivity index (χ3v) is 2.91. The standard InChI is InChI=1S/C10H18N2O2/c1-12-10(14)9(13)8(11)7-5-3-2-4-6-7/h7-8H,2-6,11H2,1H3,(H,12,14). The number of nitrogens with one attached hydrogen (secondary N) is 1. The molecule has 0 aromatic carbocycles. The highest BCUT2D eigenvalue weighted by molar-refractivity contribution is 6.38. The van der Waals surface area contributed by atoms with Crippen LogP contribution in [-0.4, -0.2) is 24.8 Å². The van der Waals surface area contributed by atoms with Crippen LogP contribution >= 0.6 is 0 Å². The van der Waals surface area contributed by atoms with E-state index >= 15 is 0 Å². The first kappa shape index (κ1) is 11.2. The Labute approximate surface area is 84.2 Å². The van der Waals surface area contributed by atoms with Crippen molar-refractivity contribution in [3.05, 3.63) is 0 Å². The zero-order chi connectivity index (χ0) is 10.6. The summed E-state index contributed by atoms with van der Waals surface area (Å²) < 4.78 is 0. The molecule has 1 rings (SSSR count). The summed E-state index contributed by atoms with van der Waals surface area (Å²) in [5, 5.41) is 2.32. The van der Waals surface area contributed by atoms with Crippen molar-refractivity contribution < 1.29 is 9.59 Å². The summed E-state index contributed by atoms with van der Waals surface area (Å²) in [7, 11) is 1.45. The predicted octanol–water partition coefficient (Wildman–Crippen LogP) is 0.209. The molecule has 0 aromatic rings. The molecule has 4 heteroatoms. The second kappa shape index (κ2) is 5.10. The Morgan fingerprint density at radius 2 is 1.86 bits per heavy atom. The number of hydrogen-bond donors (Lipinski definition) is 2. The minimum atomic E-state index is -0.602. The molecule has 0 bridgehead atoms. The third kappa shape index (κ3) is 2.54. The van der Waals surface area contributed by atoms with Crippen LogP contribution in [0.5, 0.6) is 0 Å². The van der Waals surface area contributed by atoms with Crippen LogP contribution in [0, 0.1) is 5.92 Å². The molecule has 1 amide bonds. The number of ketones is 1. The number of likely N-dealkylation sites (N-methyl/N-ethyl adjacent to an activating group) is 1. The molecule has 0 heterocycles. The van der Waals surface area contributed by atoms with Crippen molar-refractivity contribution in [1.82, 2.24) is 5.32 Å². The van der Waals surface area contributed by atoms with Crippen molar-refractivity contribution >= 4 is 11.7 Å². The van der Waals surface area contributed by atoms with Crippen molar-refractivity contribution in [2.75, 3.05) is 7.05 Å². The minimum absolute atomic E-state index is 0.202. The van der Waals surface area contributed by atoms with Gasteiger partial charge in [-0.05, 0) is 18.8 Å². The molecular weight excluding hydrogens is 180 g/mol. The molecule has 0 aromatic heterocycles. The summed E-state index contributed by atoms with van der Waals surface area (Å²) >= 11 is 0. The van der Waals surface area contributed by atoms with Crippen LogP contribution in [0.3, 0.4) is 0 Å². The van der Waals surface area contributed by atoms with Crippen LogP contribution in [0.1, 0.15) is 32.1 Å². The highest BCUT2D eigenvalue weighted by atomic mass is 16.2. The molecule has 1 aliphatic carbocycles. The fraction of sp³-hybridized carbons (Fsp3) is 0.800. The molecule has 1 fully saturated rings. The second-order valence-electron chi connectivity index (χ2n) is 3.87. The van der Waals surface area contributed by atoms with Crippen molar-refractivity contribution in [1.29, 1.82) is 0 Å². The number of amides is 1. The van der Waals surface area contributed by atoms with E-state index in [1.807, 2.05) is 0 Å². The van der Waals surface area contributed by atoms with E-state index in [2.05, 4.69) is 5.32 Å². The van der Waals surface area contributed by atoms with Gasteiger partial charge in [-0.25, -0.2) is 0 Å². The summed E-state index contributed by atoms with van der Waals surface area (Å²) in [6, 6.07) is -0.602. The first-order valence-electron chi connectivity index (χ1n) is 5.18. The largest absolute Gasteiger partial charge is 0.353 e. The minimum Gasteiger partial charge on any atom is -0.353 e. The van der Waals surface area contributed by atoms with Crippen LogP contribution < -0.4 is 11.1 Å². The van der Waals surface area contributed by atoms with E-state index in [9.17, 15) is 9.59 Å². The lowest BCUT2D eigenvalue weighted by Crippen LogP contribution is -2.46. The molecule has 0 spiro atoms. The van der Waals surface area contributed by atoms with Gasteiger partial charge >= 0.3 is 0 Å². The molecule has 0 radical (unpaired) electrons. The first-order valence-corrected chi connectivity index (χ1v) is 5.18. The van der Waals surface area contributed by atoms with Crippen molar-refractivity contribution in [2.45, 2.75) is 38.1 Å². The van der Waals surface area contributed by atoms with Gasteiger partial charge in [-0.3, -0.25) is 9.59 Å². The molecule has 1 atom stereocenters. The Morgan fingerprint density at radius 1 is 1.29 bits per heavy atom. The molecule has 3 N–H and O–H groups in total. The molecule has 0 saturated heterocycles. The summed E-state index contributed by atoms with van der Waals surface area (Å²) in [4.78, 5) is 22.5. The van der Waals surface area contributed by atoms with E-state index in [4.69, 9.17) is 5.73 Å². The molecule has 1 unspecified atom stereocenters. The Kier molecular flexibility index (Phi) is 4.07. The Hall–Kier alpha value is -0.900. The Morgan fingerprint density at radius 3 is 2.36 bits per heavy atom. The lowest BCUT2D eigenvalue weighted by molar-refractivity contribution is -0.139. The lowest BCUT2D eigenvalue weighted by atomic mass is 9.82. The summed E-state index contributed by atoms with van der Waals surface area (Å²) in [6.07, 6.45) is 5.42. The van der Waals surface area contributed by atoms with Gasteiger partial charge < -0.3 is 11.1 Å². The topological polar surface area (TPSA) is 72.2 Å². The fourth-order valence-corrected chi connectivity index (χ4v) is 1.98. The maximum absolute atomic E-state index is 11.4. The van der Waals surface area contributed by atoms with Crippen LogP contribution in [0.25, 0.3) is 0 Å². The Balaban J connectivity index is 2.50. The van der Waals surface area contributed by atoms with Gasteiger partial charge in [-0.2, -0.15) is 0 Å². The van der Waals surface area contributed by atoms with Gasteiger partial charge in [0.25, 0.3) is 5.91 Å². The highest BCUT2D eigenvalue weighted by Crippen LogP contribution is 2.25. The maximum Gasteiger partial charge on any atom is 0.288 e. The highest BCUT2D eigenvalue weighted by Gasteiger charge is 2.29. The van der Waals surface area contributed by atoms with Crippen molar-refractivity contribution in [3.8, 4) is 0 Å². The van der Waals surface area contributed by atoms with Gasteiger partial charge in [-0.15, -0.1) is 0 Å². The van der Waals surface area contributed by atoms with Gasteiger partial charge in [0, 0.05) is 7.05 Å². The zero-order valence-corrected chi connectivity index (χ0v) is 8.58. The molecular formula is C10H18N2O2. The van der Waals surface area contributed by atoms with Crippen molar-refractivity contribution in [2.24, 2.45) is 11.7 Å². The van der Waals surface area contributed by atoms with E-state index in [0.29, 0.717) is 0 Å². The van der Waals surface area contributed by atoms with E-state index in [0.717, 1.165) is 25.7 Å². The number of carbonyl (C=O) groups excluding carboxylic acids is 2. The lowest BCUT2D eigenvalue weighted by Gasteiger charge is -2.25. The number of hydrogen-bond acceptors (Lipinski definition) is 3. The normalized spacial score (nSPS) is 20.1. The van der Waals surface area contributed by atoms with E-state index < -0.39 is 17.7 Å². The summed E-state index contributed by atoms with van der Waals surface area (Å²) in [5.74, 6) is -0.837. The number of nitrogens with two attached hydrogens (primary N) is 1. The smallest absolute Gasteiger partial charge is 0.288 e. The zero-order valence-electron chi connectivity index (χ0n) is 8.58. The first-order chi connectivity index (χ1) is 6.66. The average molecular weight is 198 g/mol. The second-order valence-corrected chi connectivity index (χ2v) is 3.87. The number of Topliss-reactive ketones (excluding diaryl/α,β-unsaturated/α-hetero) is 1.